The lowest BCUT2D eigenvalue weighted by atomic mass is 9.95. The van der Waals surface area contributed by atoms with Gasteiger partial charge in [0.2, 0.25) is 11.8 Å². The minimum absolute atomic E-state index is 0.00990. The molecule has 0 atom stereocenters. The van der Waals surface area contributed by atoms with Gasteiger partial charge in [-0.1, -0.05) is 19.3 Å². The summed E-state index contributed by atoms with van der Waals surface area (Å²) in [5.74, 6) is 1.24. The molecule has 0 aromatic heterocycles. The summed E-state index contributed by atoms with van der Waals surface area (Å²) < 4.78 is 11.1. The van der Waals surface area contributed by atoms with Crippen LogP contribution in [0.2, 0.25) is 0 Å². The Hall–Kier alpha value is -2.24. The summed E-state index contributed by atoms with van der Waals surface area (Å²) >= 11 is 0. The van der Waals surface area contributed by atoms with Crippen LogP contribution in [0.15, 0.2) is 18.2 Å². The summed E-state index contributed by atoms with van der Waals surface area (Å²) in [6.07, 6.45) is 6.04. The second-order valence-electron chi connectivity index (χ2n) is 6.65. The van der Waals surface area contributed by atoms with E-state index in [0.717, 1.165) is 18.5 Å². The first-order valence-electron chi connectivity index (χ1n) is 9.10. The number of benzene rings is 1. The molecule has 25 heavy (non-hydrogen) atoms. The van der Waals surface area contributed by atoms with Gasteiger partial charge in [0.15, 0.2) is 11.5 Å². The van der Waals surface area contributed by atoms with Gasteiger partial charge in [-0.15, -0.1) is 0 Å². The third-order valence-corrected chi connectivity index (χ3v) is 4.75. The van der Waals surface area contributed by atoms with E-state index < -0.39 is 0 Å². The number of amides is 2. The molecule has 0 saturated heterocycles. The first kappa shape index (κ1) is 17.6. The first-order valence-corrected chi connectivity index (χ1v) is 9.10. The van der Waals surface area contributed by atoms with Crippen molar-refractivity contribution in [1.29, 1.82) is 0 Å². The highest BCUT2D eigenvalue weighted by Gasteiger charge is 2.20. The van der Waals surface area contributed by atoms with Crippen LogP contribution in [0.3, 0.4) is 0 Å². The number of nitrogens with one attached hydrogen (secondary N) is 1. The Morgan fingerprint density at radius 2 is 1.84 bits per heavy atom. The Balaban J connectivity index is 1.59. The van der Waals surface area contributed by atoms with Crippen LogP contribution in [0.25, 0.3) is 0 Å². The molecule has 1 heterocycles. The lowest BCUT2D eigenvalue weighted by molar-refractivity contribution is -0.121. The fourth-order valence-electron chi connectivity index (χ4n) is 3.43. The number of carbonyl (C=O) groups excluding carboxylic acids is 2. The van der Waals surface area contributed by atoms with E-state index in [4.69, 9.17) is 9.47 Å². The topological polar surface area (TPSA) is 67.9 Å². The number of nitrogens with zero attached hydrogens (tertiary/aromatic N) is 1. The Morgan fingerprint density at radius 1 is 1.12 bits per heavy atom. The average Bonchev–Trinajstić information content (AvgIpc) is 2.62. The highest BCUT2D eigenvalue weighted by Crippen LogP contribution is 2.34. The van der Waals surface area contributed by atoms with Crippen molar-refractivity contribution < 1.29 is 19.1 Å². The third-order valence-electron chi connectivity index (χ3n) is 4.75. The van der Waals surface area contributed by atoms with Crippen LogP contribution in [0, 0.1) is 0 Å². The van der Waals surface area contributed by atoms with Crippen molar-refractivity contribution in [3.8, 4) is 11.5 Å². The smallest absolute Gasteiger partial charge is 0.223 e. The van der Waals surface area contributed by atoms with Crippen LogP contribution < -0.4 is 19.7 Å². The molecule has 6 nitrogen and oxygen atoms in total. The lowest BCUT2D eigenvalue weighted by Gasteiger charge is -2.25. The zero-order valence-electron chi connectivity index (χ0n) is 14.8. The minimum Gasteiger partial charge on any atom is -0.486 e. The average molecular weight is 346 g/mol. The fraction of sp³-hybridized carbons (Fsp3) is 0.579. The highest BCUT2D eigenvalue weighted by atomic mass is 16.6. The van der Waals surface area contributed by atoms with Crippen LogP contribution >= 0.6 is 0 Å². The molecular weight excluding hydrogens is 320 g/mol. The van der Waals surface area contributed by atoms with E-state index in [0.29, 0.717) is 43.7 Å². The predicted molar refractivity (Wildman–Crippen MR) is 95.1 cm³/mol. The van der Waals surface area contributed by atoms with E-state index >= 15 is 0 Å². The van der Waals surface area contributed by atoms with Gasteiger partial charge in [0.25, 0.3) is 0 Å². The van der Waals surface area contributed by atoms with Crippen molar-refractivity contribution in [3.63, 3.8) is 0 Å². The highest BCUT2D eigenvalue weighted by molar-refractivity contribution is 5.92. The van der Waals surface area contributed by atoms with Gasteiger partial charge in [-0.3, -0.25) is 9.59 Å². The number of fused-ring (bicyclic) bond motifs is 1. The molecule has 0 spiro atoms. The van der Waals surface area contributed by atoms with Gasteiger partial charge in [-0.05, 0) is 25.0 Å². The van der Waals surface area contributed by atoms with E-state index in [9.17, 15) is 9.59 Å². The van der Waals surface area contributed by atoms with E-state index in [2.05, 4.69) is 5.32 Å². The summed E-state index contributed by atoms with van der Waals surface area (Å²) in [7, 11) is 0. The normalized spacial score (nSPS) is 17.0. The molecule has 0 radical (unpaired) electrons. The SMILES string of the molecule is CC(=O)N(CCC(=O)NC1CCCCC1)c1ccc2c(c1)OCCO2. The quantitative estimate of drug-likeness (QED) is 0.890. The lowest BCUT2D eigenvalue weighted by Crippen LogP contribution is -2.39. The maximum atomic E-state index is 12.2. The second-order valence-corrected chi connectivity index (χ2v) is 6.65. The maximum absolute atomic E-state index is 12.2. The van der Waals surface area contributed by atoms with Crippen molar-refractivity contribution in [2.45, 2.75) is 51.5 Å². The maximum Gasteiger partial charge on any atom is 0.223 e. The van der Waals surface area contributed by atoms with Crippen molar-refractivity contribution in [2.24, 2.45) is 0 Å². The number of carbonyl (C=O) groups is 2. The van der Waals surface area contributed by atoms with Crippen molar-refractivity contribution in [1.82, 2.24) is 5.32 Å². The van der Waals surface area contributed by atoms with E-state index in [1.165, 1.54) is 26.2 Å². The molecule has 3 rings (SSSR count). The molecule has 1 fully saturated rings. The second kappa shape index (κ2) is 8.23. The monoisotopic (exact) mass is 346 g/mol. The molecule has 0 bridgehead atoms. The molecule has 136 valence electrons. The van der Waals surface area contributed by atoms with E-state index in [1.54, 1.807) is 11.0 Å². The predicted octanol–water partition coefficient (Wildman–Crippen LogP) is 2.65. The molecule has 1 saturated carbocycles. The van der Waals surface area contributed by atoms with Crippen LogP contribution in [0.1, 0.15) is 45.4 Å². The summed E-state index contributed by atoms with van der Waals surface area (Å²) in [4.78, 5) is 25.9. The summed E-state index contributed by atoms with van der Waals surface area (Å²) in [6, 6.07) is 5.73. The third kappa shape index (κ3) is 4.65. The molecule has 1 aromatic rings. The Kier molecular flexibility index (Phi) is 5.79. The van der Waals surface area contributed by atoms with Crippen LogP contribution in [-0.2, 0) is 9.59 Å². The van der Waals surface area contributed by atoms with Gasteiger partial charge in [-0.2, -0.15) is 0 Å². The number of anilines is 1. The zero-order chi connectivity index (χ0) is 17.6. The van der Waals surface area contributed by atoms with Crippen molar-refractivity contribution in [3.05, 3.63) is 18.2 Å². The number of ether oxygens (including phenoxy) is 2. The van der Waals surface area contributed by atoms with E-state index in [-0.39, 0.29) is 11.8 Å². The Morgan fingerprint density at radius 3 is 2.56 bits per heavy atom. The molecule has 2 amide bonds. The van der Waals surface area contributed by atoms with Gasteiger partial charge in [0.1, 0.15) is 13.2 Å². The Labute approximate surface area is 148 Å². The van der Waals surface area contributed by atoms with Gasteiger partial charge < -0.3 is 19.7 Å². The molecule has 1 aliphatic heterocycles. The molecule has 1 aliphatic carbocycles. The molecule has 1 aromatic carbocycles. The standard InChI is InChI=1S/C19H26N2O4/c1-14(22)21(10-9-19(23)20-15-5-3-2-4-6-15)16-7-8-17-18(13-16)25-12-11-24-17/h7-8,13,15H,2-6,9-12H2,1H3,(H,20,23). The molecule has 2 aliphatic rings. The van der Waals surface area contributed by atoms with E-state index in [1.807, 2.05) is 12.1 Å². The molecular formula is C19H26N2O4. The largest absolute Gasteiger partial charge is 0.486 e. The summed E-state index contributed by atoms with van der Waals surface area (Å²) in [6.45, 7) is 2.90. The number of hydrogen-bond acceptors (Lipinski definition) is 4. The molecule has 1 N–H and O–H groups in total. The van der Waals surface area contributed by atoms with Gasteiger partial charge in [0, 0.05) is 37.7 Å². The van der Waals surface area contributed by atoms with Crippen LogP contribution in [0.5, 0.6) is 11.5 Å². The van der Waals surface area contributed by atoms with Gasteiger partial charge in [-0.25, -0.2) is 0 Å². The number of rotatable bonds is 5. The summed E-state index contributed by atoms with van der Waals surface area (Å²) in [5.41, 5.74) is 0.724. The van der Waals surface area contributed by atoms with Gasteiger partial charge in [0.05, 0.1) is 0 Å². The molecule has 6 heteroatoms. The van der Waals surface area contributed by atoms with Crippen molar-refractivity contribution >= 4 is 17.5 Å². The van der Waals surface area contributed by atoms with Crippen molar-refractivity contribution in [2.75, 3.05) is 24.7 Å². The Bertz CT molecular complexity index is 626. The fourth-order valence-corrected chi connectivity index (χ4v) is 3.43. The minimum atomic E-state index is -0.0952. The summed E-state index contributed by atoms with van der Waals surface area (Å²) in [5, 5.41) is 3.09. The van der Waals surface area contributed by atoms with Gasteiger partial charge >= 0.3 is 0 Å². The van der Waals surface area contributed by atoms with Crippen LogP contribution in [-0.4, -0.2) is 37.6 Å². The molecule has 0 unspecified atom stereocenters. The zero-order valence-corrected chi connectivity index (χ0v) is 14.8. The first-order chi connectivity index (χ1) is 12.1. The number of hydrogen-bond donors (Lipinski definition) is 1. The van der Waals surface area contributed by atoms with Crippen LogP contribution in [0.4, 0.5) is 5.69 Å².